The SMILES string of the molecule is CC[C@H](NC(=O)C1CCN(S(=O)(=O)Cc2ccc(F)cc2)CC1)c1ccccc1. The van der Waals surface area contributed by atoms with Gasteiger partial charge in [-0.2, -0.15) is 0 Å². The Morgan fingerprint density at radius 3 is 2.31 bits per heavy atom. The van der Waals surface area contributed by atoms with Crippen LogP contribution in [0, 0.1) is 11.7 Å². The minimum absolute atomic E-state index is 0.0173. The fourth-order valence-electron chi connectivity index (χ4n) is 3.67. The highest BCUT2D eigenvalue weighted by Crippen LogP contribution is 2.24. The van der Waals surface area contributed by atoms with Crippen LogP contribution in [0.4, 0.5) is 4.39 Å². The molecule has 0 unspecified atom stereocenters. The maximum absolute atomic E-state index is 13.0. The van der Waals surface area contributed by atoms with Gasteiger partial charge in [0.2, 0.25) is 15.9 Å². The quantitative estimate of drug-likeness (QED) is 0.747. The van der Waals surface area contributed by atoms with Crippen LogP contribution < -0.4 is 5.32 Å². The summed E-state index contributed by atoms with van der Waals surface area (Å²) in [6.07, 6.45) is 1.79. The molecule has 1 atom stereocenters. The number of hydrogen-bond acceptors (Lipinski definition) is 3. The summed E-state index contributed by atoms with van der Waals surface area (Å²) in [4.78, 5) is 12.7. The number of sulfonamides is 1. The molecular weight excluding hydrogens is 391 g/mol. The second-order valence-corrected chi connectivity index (χ2v) is 9.41. The van der Waals surface area contributed by atoms with E-state index in [-0.39, 0.29) is 29.4 Å². The number of piperidine rings is 1. The summed E-state index contributed by atoms with van der Waals surface area (Å²) in [6.45, 7) is 2.68. The molecule has 156 valence electrons. The number of carbonyl (C=O) groups is 1. The van der Waals surface area contributed by atoms with Gasteiger partial charge in [0.1, 0.15) is 5.82 Å². The minimum atomic E-state index is -3.49. The van der Waals surface area contributed by atoms with E-state index in [0.29, 0.717) is 31.5 Å². The van der Waals surface area contributed by atoms with E-state index in [2.05, 4.69) is 5.32 Å². The number of nitrogens with one attached hydrogen (secondary N) is 1. The molecule has 7 heteroatoms. The van der Waals surface area contributed by atoms with Crippen molar-refractivity contribution in [3.05, 3.63) is 71.5 Å². The molecule has 1 amide bonds. The normalized spacial score (nSPS) is 17.0. The highest BCUT2D eigenvalue weighted by Gasteiger charge is 2.31. The summed E-state index contributed by atoms with van der Waals surface area (Å²) < 4.78 is 39.8. The molecule has 0 radical (unpaired) electrons. The number of nitrogens with zero attached hydrogens (tertiary/aromatic N) is 1. The summed E-state index contributed by atoms with van der Waals surface area (Å²) in [5, 5.41) is 3.11. The smallest absolute Gasteiger partial charge is 0.223 e. The third-order valence-electron chi connectivity index (χ3n) is 5.41. The van der Waals surface area contributed by atoms with Crippen LogP contribution in [0.15, 0.2) is 54.6 Å². The fraction of sp³-hybridized carbons (Fsp3) is 0.409. The van der Waals surface area contributed by atoms with Gasteiger partial charge in [-0.05, 0) is 42.5 Å². The fourth-order valence-corrected chi connectivity index (χ4v) is 5.24. The Kier molecular flexibility index (Phi) is 7.03. The molecule has 2 aromatic carbocycles. The topological polar surface area (TPSA) is 66.5 Å². The average molecular weight is 419 g/mol. The number of rotatable bonds is 7. The van der Waals surface area contributed by atoms with Crippen LogP contribution in [0.3, 0.4) is 0 Å². The lowest BCUT2D eigenvalue weighted by Gasteiger charge is -2.31. The number of hydrogen-bond donors (Lipinski definition) is 1. The summed E-state index contributed by atoms with van der Waals surface area (Å²) >= 11 is 0. The number of amides is 1. The summed E-state index contributed by atoms with van der Waals surface area (Å²) in [5.74, 6) is -0.754. The molecule has 5 nitrogen and oxygen atoms in total. The van der Waals surface area contributed by atoms with Crippen molar-refractivity contribution >= 4 is 15.9 Å². The Bertz CT molecular complexity index is 909. The first-order chi connectivity index (χ1) is 13.9. The van der Waals surface area contributed by atoms with Crippen LogP contribution in [0.1, 0.15) is 43.4 Å². The zero-order valence-corrected chi connectivity index (χ0v) is 17.4. The Balaban J connectivity index is 1.55. The van der Waals surface area contributed by atoms with Crippen molar-refractivity contribution in [3.63, 3.8) is 0 Å². The largest absolute Gasteiger partial charge is 0.349 e. The van der Waals surface area contributed by atoms with Crippen molar-refractivity contribution in [1.82, 2.24) is 9.62 Å². The van der Waals surface area contributed by atoms with E-state index in [4.69, 9.17) is 0 Å². The lowest BCUT2D eigenvalue weighted by atomic mass is 9.96. The Morgan fingerprint density at radius 1 is 1.10 bits per heavy atom. The molecule has 0 aliphatic carbocycles. The Hall–Kier alpha value is -2.25. The predicted molar refractivity (Wildman–Crippen MR) is 111 cm³/mol. The first kappa shape index (κ1) is 21.5. The predicted octanol–water partition coefficient (Wildman–Crippen LogP) is 3.64. The van der Waals surface area contributed by atoms with Gasteiger partial charge in [0.05, 0.1) is 11.8 Å². The maximum atomic E-state index is 13.0. The summed E-state index contributed by atoms with van der Waals surface area (Å²) in [5.41, 5.74) is 1.63. The molecule has 0 spiro atoms. The average Bonchev–Trinajstić information content (AvgIpc) is 2.74. The van der Waals surface area contributed by atoms with Gasteiger partial charge < -0.3 is 5.32 Å². The maximum Gasteiger partial charge on any atom is 0.223 e. The molecule has 0 saturated carbocycles. The standard InChI is InChI=1S/C22H27FN2O3S/c1-2-21(18-6-4-3-5-7-18)24-22(26)19-12-14-25(15-13-19)29(27,28)16-17-8-10-20(23)11-9-17/h3-11,19,21H,2,12-16H2,1H3,(H,24,26)/t21-/m0/s1. The van der Waals surface area contributed by atoms with Crippen LogP contribution in [-0.2, 0) is 20.6 Å². The van der Waals surface area contributed by atoms with E-state index < -0.39 is 10.0 Å². The van der Waals surface area contributed by atoms with Gasteiger partial charge in [-0.3, -0.25) is 4.79 Å². The zero-order chi connectivity index (χ0) is 20.9. The van der Waals surface area contributed by atoms with Crippen molar-refractivity contribution in [2.75, 3.05) is 13.1 Å². The van der Waals surface area contributed by atoms with Gasteiger partial charge in [0, 0.05) is 19.0 Å². The van der Waals surface area contributed by atoms with Crippen LogP contribution in [0.2, 0.25) is 0 Å². The highest BCUT2D eigenvalue weighted by molar-refractivity contribution is 7.88. The minimum Gasteiger partial charge on any atom is -0.349 e. The van der Waals surface area contributed by atoms with Crippen molar-refractivity contribution in [2.45, 2.75) is 38.0 Å². The highest BCUT2D eigenvalue weighted by atomic mass is 32.2. The van der Waals surface area contributed by atoms with E-state index >= 15 is 0 Å². The van der Waals surface area contributed by atoms with Crippen LogP contribution in [-0.4, -0.2) is 31.7 Å². The van der Waals surface area contributed by atoms with Crippen molar-refractivity contribution in [3.8, 4) is 0 Å². The molecule has 1 saturated heterocycles. The second-order valence-electron chi connectivity index (χ2n) is 7.44. The van der Waals surface area contributed by atoms with Crippen LogP contribution in [0.5, 0.6) is 0 Å². The van der Waals surface area contributed by atoms with Crippen molar-refractivity contribution < 1.29 is 17.6 Å². The lowest BCUT2D eigenvalue weighted by molar-refractivity contribution is -0.126. The molecule has 1 N–H and O–H groups in total. The molecule has 0 bridgehead atoms. The first-order valence-corrected chi connectivity index (χ1v) is 11.6. The van der Waals surface area contributed by atoms with Gasteiger partial charge in [-0.25, -0.2) is 17.1 Å². The van der Waals surface area contributed by atoms with Crippen LogP contribution >= 0.6 is 0 Å². The van der Waals surface area contributed by atoms with Gasteiger partial charge >= 0.3 is 0 Å². The second kappa shape index (κ2) is 9.50. The molecule has 1 fully saturated rings. The first-order valence-electron chi connectivity index (χ1n) is 9.96. The van der Waals surface area contributed by atoms with Crippen molar-refractivity contribution in [1.29, 1.82) is 0 Å². The Morgan fingerprint density at radius 2 is 1.72 bits per heavy atom. The van der Waals surface area contributed by atoms with E-state index in [1.807, 2.05) is 37.3 Å². The molecule has 3 rings (SSSR count). The van der Waals surface area contributed by atoms with E-state index in [9.17, 15) is 17.6 Å². The molecule has 1 aliphatic heterocycles. The number of benzene rings is 2. The lowest BCUT2D eigenvalue weighted by Crippen LogP contribution is -2.44. The molecule has 1 aliphatic rings. The third-order valence-corrected chi connectivity index (χ3v) is 7.26. The molecule has 29 heavy (non-hydrogen) atoms. The van der Waals surface area contributed by atoms with Gasteiger partial charge in [-0.1, -0.05) is 49.4 Å². The monoisotopic (exact) mass is 418 g/mol. The molecule has 0 aromatic heterocycles. The third kappa shape index (κ3) is 5.64. The van der Waals surface area contributed by atoms with E-state index in [1.165, 1.54) is 28.6 Å². The zero-order valence-electron chi connectivity index (χ0n) is 16.6. The van der Waals surface area contributed by atoms with E-state index in [1.54, 1.807) is 0 Å². The van der Waals surface area contributed by atoms with E-state index in [0.717, 1.165) is 12.0 Å². The number of carbonyl (C=O) groups excluding carboxylic acids is 1. The van der Waals surface area contributed by atoms with Gasteiger partial charge in [0.15, 0.2) is 0 Å². The van der Waals surface area contributed by atoms with Crippen LogP contribution in [0.25, 0.3) is 0 Å². The summed E-state index contributed by atoms with van der Waals surface area (Å²) in [7, 11) is -3.49. The van der Waals surface area contributed by atoms with Crippen molar-refractivity contribution in [2.24, 2.45) is 5.92 Å². The van der Waals surface area contributed by atoms with Gasteiger partial charge in [0.25, 0.3) is 0 Å². The Labute approximate surface area is 172 Å². The van der Waals surface area contributed by atoms with Gasteiger partial charge in [-0.15, -0.1) is 0 Å². The molecule has 1 heterocycles. The molecule has 2 aromatic rings. The number of halogens is 1. The molecular formula is C22H27FN2O3S. The summed E-state index contributed by atoms with van der Waals surface area (Å²) in [6, 6.07) is 15.3.